The number of carbonyl (C=O) groups is 1. The number of rotatable bonds is 4. The van der Waals surface area contributed by atoms with Crippen molar-refractivity contribution in [3.05, 3.63) is 48.4 Å². The molecule has 0 bridgehead atoms. The van der Waals surface area contributed by atoms with Crippen LogP contribution >= 0.6 is 0 Å². The average Bonchev–Trinajstić information content (AvgIpc) is 3.35. The van der Waals surface area contributed by atoms with Crippen LogP contribution in [0.5, 0.6) is 0 Å². The van der Waals surface area contributed by atoms with Gasteiger partial charge in [-0.05, 0) is 26.0 Å². The maximum atomic E-state index is 11.8. The Morgan fingerprint density at radius 2 is 2.08 bits per heavy atom. The Labute approximate surface area is 149 Å². The van der Waals surface area contributed by atoms with Crippen molar-refractivity contribution < 1.29 is 13.9 Å². The standard InChI is InChI=1S/C18H17N5O3/c1-4-25-18(24)15-10-26-17(21-15)12-5-6-23-16(7-12)14(9-20-23)13-8-19-22(3)11(13)2/h5-10H,4H2,1-3H3. The molecule has 132 valence electrons. The maximum absolute atomic E-state index is 11.8. The van der Waals surface area contributed by atoms with Crippen molar-refractivity contribution in [2.24, 2.45) is 7.05 Å². The predicted octanol–water partition coefficient (Wildman–Crippen LogP) is 2.87. The summed E-state index contributed by atoms with van der Waals surface area (Å²) in [5.41, 5.74) is 4.82. The molecule has 0 aromatic carbocycles. The number of fused-ring (bicyclic) bond motifs is 1. The van der Waals surface area contributed by atoms with E-state index in [1.165, 1.54) is 6.26 Å². The second-order valence-corrected chi connectivity index (χ2v) is 5.83. The van der Waals surface area contributed by atoms with E-state index >= 15 is 0 Å². The van der Waals surface area contributed by atoms with Gasteiger partial charge in [0.05, 0.1) is 24.5 Å². The molecule has 0 N–H and O–H groups in total. The molecule has 0 saturated heterocycles. The fourth-order valence-electron chi connectivity index (χ4n) is 2.79. The second-order valence-electron chi connectivity index (χ2n) is 5.83. The van der Waals surface area contributed by atoms with Gasteiger partial charge in [-0.25, -0.2) is 14.3 Å². The van der Waals surface area contributed by atoms with Crippen LogP contribution in [-0.2, 0) is 11.8 Å². The molecular formula is C18H17N5O3. The lowest BCUT2D eigenvalue weighted by Crippen LogP contribution is -2.04. The van der Waals surface area contributed by atoms with Gasteiger partial charge in [0.15, 0.2) is 5.69 Å². The normalized spacial score (nSPS) is 11.2. The molecule has 0 aliphatic rings. The highest BCUT2D eigenvalue weighted by Crippen LogP contribution is 2.29. The predicted molar refractivity (Wildman–Crippen MR) is 93.6 cm³/mol. The summed E-state index contributed by atoms with van der Waals surface area (Å²) in [6.45, 7) is 4.04. The van der Waals surface area contributed by atoms with E-state index in [2.05, 4.69) is 15.2 Å². The number of nitrogens with zero attached hydrogens (tertiary/aromatic N) is 5. The number of hydrogen-bond donors (Lipinski definition) is 0. The quantitative estimate of drug-likeness (QED) is 0.525. The summed E-state index contributed by atoms with van der Waals surface area (Å²) in [5.74, 6) is -0.148. The van der Waals surface area contributed by atoms with Crippen molar-refractivity contribution in [3.63, 3.8) is 0 Å². The number of carbonyl (C=O) groups excluding carboxylic acids is 1. The third kappa shape index (κ3) is 2.55. The van der Waals surface area contributed by atoms with Gasteiger partial charge in [-0.1, -0.05) is 0 Å². The highest BCUT2D eigenvalue weighted by molar-refractivity contribution is 5.88. The number of ether oxygens (including phenoxy) is 1. The molecule has 4 rings (SSSR count). The van der Waals surface area contributed by atoms with Crippen LogP contribution in [0.15, 0.2) is 41.4 Å². The average molecular weight is 351 g/mol. The zero-order valence-electron chi connectivity index (χ0n) is 14.6. The molecule has 8 heteroatoms. The number of oxazole rings is 1. The third-order valence-electron chi connectivity index (χ3n) is 4.28. The first-order valence-electron chi connectivity index (χ1n) is 8.18. The SMILES string of the molecule is CCOC(=O)c1coc(-c2ccn3ncc(-c4cnn(C)c4C)c3c2)n1. The summed E-state index contributed by atoms with van der Waals surface area (Å²) >= 11 is 0. The highest BCUT2D eigenvalue weighted by atomic mass is 16.5. The Kier molecular flexibility index (Phi) is 3.80. The number of aromatic nitrogens is 5. The molecule has 0 aliphatic heterocycles. The summed E-state index contributed by atoms with van der Waals surface area (Å²) in [6, 6.07) is 3.76. The van der Waals surface area contributed by atoms with Crippen LogP contribution in [0, 0.1) is 6.92 Å². The van der Waals surface area contributed by atoms with E-state index in [1.54, 1.807) is 11.4 Å². The molecule has 0 saturated carbocycles. The molecule has 0 fully saturated rings. The number of esters is 1. The molecular weight excluding hydrogens is 334 g/mol. The number of aryl methyl sites for hydroxylation is 1. The van der Waals surface area contributed by atoms with E-state index in [-0.39, 0.29) is 12.3 Å². The first-order chi connectivity index (χ1) is 12.6. The zero-order valence-corrected chi connectivity index (χ0v) is 14.6. The van der Waals surface area contributed by atoms with Gasteiger partial charge in [0.25, 0.3) is 0 Å². The molecule has 0 aliphatic carbocycles. The van der Waals surface area contributed by atoms with Crippen LogP contribution in [0.3, 0.4) is 0 Å². The smallest absolute Gasteiger partial charge is 0.360 e. The minimum absolute atomic E-state index is 0.151. The molecule has 0 unspecified atom stereocenters. The van der Waals surface area contributed by atoms with E-state index in [1.807, 2.05) is 49.4 Å². The molecule has 0 spiro atoms. The van der Waals surface area contributed by atoms with E-state index in [0.717, 1.165) is 27.9 Å². The number of hydrogen-bond acceptors (Lipinski definition) is 6. The van der Waals surface area contributed by atoms with Gasteiger partial charge in [-0.2, -0.15) is 10.2 Å². The topological polar surface area (TPSA) is 87.5 Å². The monoisotopic (exact) mass is 351 g/mol. The van der Waals surface area contributed by atoms with Crippen molar-refractivity contribution in [1.82, 2.24) is 24.4 Å². The van der Waals surface area contributed by atoms with Crippen LogP contribution in [0.1, 0.15) is 23.1 Å². The molecule has 26 heavy (non-hydrogen) atoms. The van der Waals surface area contributed by atoms with Crippen LogP contribution in [0.2, 0.25) is 0 Å². The van der Waals surface area contributed by atoms with Crippen molar-refractivity contribution >= 4 is 11.5 Å². The molecule has 4 heterocycles. The van der Waals surface area contributed by atoms with Gasteiger partial charge < -0.3 is 9.15 Å². The van der Waals surface area contributed by atoms with Crippen LogP contribution in [0.4, 0.5) is 0 Å². The first-order valence-corrected chi connectivity index (χ1v) is 8.18. The summed E-state index contributed by atoms with van der Waals surface area (Å²) in [7, 11) is 1.90. The summed E-state index contributed by atoms with van der Waals surface area (Å²) < 4.78 is 14.0. The molecule has 4 aromatic rings. The Bertz CT molecular complexity index is 1110. The highest BCUT2D eigenvalue weighted by Gasteiger charge is 2.17. The van der Waals surface area contributed by atoms with Crippen LogP contribution in [-0.4, -0.2) is 37.0 Å². The van der Waals surface area contributed by atoms with Gasteiger partial charge in [-0.15, -0.1) is 0 Å². The van der Waals surface area contributed by atoms with E-state index in [0.29, 0.717) is 5.89 Å². The molecule has 0 atom stereocenters. The van der Waals surface area contributed by atoms with Crippen LogP contribution < -0.4 is 0 Å². The van der Waals surface area contributed by atoms with Crippen molar-refractivity contribution in [1.29, 1.82) is 0 Å². The summed E-state index contributed by atoms with van der Waals surface area (Å²) in [4.78, 5) is 16.0. The lowest BCUT2D eigenvalue weighted by molar-refractivity contribution is 0.0519. The van der Waals surface area contributed by atoms with Gasteiger partial charge in [-0.3, -0.25) is 4.68 Å². The summed E-state index contributed by atoms with van der Waals surface area (Å²) in [5, 5.41) is 8.69. The molecule has 8 nitrogen and oxygen atoms in total. The van der Waals surface area contributed by atoms with E-state index < -0.39 is 5.97 Å². The Balaban J connectivity index is 1.77. The second kappa shape index (κ2) is 6.14. The minimum Gasteiger partial charge on any atom is -0.461 e. The van der Waals surface area contributed by atoms with Crippen LogP contribution in [0.25, 0.3) is 28.1 Å². The van der Waals surface area contributed by atoms with Gasteiger partial charge in [0, 0.05) is 35.6 Å². The van der Waals surface area contributed by atoms with E-state index in [9.17, 15) is 4.79 Å². The largest absolute Gasteiger partial charge is 0.461 e. The Morgan fingerprint density at radius 3 is 2.81 bits per heavy atom. The minimum atomic E-state index is -0.500. The first kappa shape index (κ1) is 16.1. The van der Waals surface area contributed by atoms with Gasteiger partial charge >= 0.3 is 5.97 Å². The maximum Gasteiger partial charge on any atom is 0.360 e. The fraction of sp³-hybridized carbons (Fsp3) is 0.222. The zero-order chi connectivity index (χ0) is 18.3. The number of pyridine rings is 1. The lowest BCUT2D eigenvalue weighted by atomic mass is 10.1. The van der Waals surface area contributed by atoms with E-state index in [4.69, 9.17) is 9.15 Å². The third-order valence-corrected chi connectivity index (χ3v) is 4.28. The Hall–Kier alpha value is -3.42. The fourth-order valence-corrected chi connectivity index (χ4v) is 2.79. The lowest BCUT2D eigenvalue weighted by Gasteiger charge is -2.01. The molecule has 4 aromatic heterocycles. The molecule has 0 amide bonds. The Morgan fingerprint density at radius 1 is 1.27 bits per heavy atom. The summed E-state index contributed by atoms with van der Waals surface area (Å²) in [6.07, 6.45) is 6.76. The van der Waals surface area contributed by atoms with Crippen molar-refractivity contribution in [3.8, 4) is 22.6 Å². The molecule has 0 radical (unpaired) electrons. The van der Waals surface area contributed by atoms with Gasteiger partial charge in [0.2, 0.25) is 5.89 Å². The van der Waals surface area contributed by atoms with Gasteiger partial charge in [0.1, 0.15) is 6.26 Å². The van der Waals surface area contributed by atoms with Crippen molar-refractivity contribution in [2.45, 2.75) is 13.8 Å². The van der Waals surface area contributed by atoms with Crippen molar-refractivity contribution in [2.75, 3.05) is 6.61 Å².